The lowest BCUT2D eigenvalue weighted by Crippen LogP contribution is -2.66. The molecule has 12 atom stereocenters. The van der Waals surface area contributed by atoms with Crippen LogP contribution in [-0.2, 0) is 43.5 Å². The van der Waals surface area contributed by atoms with Crippen molar-refractivity contribution in [1.29, 1.82) is 0 Å². The average molecular weight is 723 g/mol. The maximum atomic E-state index is 11.2. The van der Waals surface area contributed by atoms with Crippen LogP contribution in [0.2, 0.25) is 0 Å². The second-order valence-electron chi connectivity index (χ2n) is 12.1. The normalized spacial score (nSPS) is 32.4. The second-order valence-corrected chi connectivity index (χ2v) is 12.1. The number of ether oxygens (including phenoxy) is 5. The molecule has 0 heterocycles. The zero-order valence-electron chi connectivity index (χ0n) is 27.3. The summed E-state index contributed by atoms with van der Waals surface area (Å²) >= 11 is 0. The highest BCUT2D eigenvalue weighted by molar-refractivity contribution is 5.16. The van der Waals surface area contributed by atoms with E-state index in [2.05, 4.69) is 4.74 Å². The monoisotopic (exact) mass is 722 g/mol. The largest absolute Gasteiger partial charge is 0.387 e. The molecule has 2 aliphatic carbocycles. The summed E-state index contributed by atoms with van der Waals surface area (Å²) in [6.07, 6.45) is -17.4. The molecule has 282 valence electrons. The molecular weight excluding hydrogens is 676 g/mol. The molecule has 2 fully saturated rings. The van der Waals surface area contributed by atoms with Crippen molar-refractivity contribution in [2.24, 2.45) is 0 Å². The number of hydrogen-bond acceptors (Lipinski definition) is 16. The smallest absolute Gasteiger partial charge is 0.266 e. The van der Waals surface area contributed by atoms with Crippen LogP contribution in [0, 0.1) is 0 Å². The van der Waals surface area contributed by atoms with Crippen LogP contribution in [-0.4, -0.2) is 142 Å². The molecule has 51 heavy (non-hydrogen) atoms. The molecule has 16 nitrogen and oxygen atoms in total. The van der Waals surface area contributed by atoms with E-state index in [4.69, 9.17) is 34.3 Å². The van der Waals surface area contributed by atoms with Gasteiger partial charge in [0, 0.05) is 0 Å². The Kier molecular flexibility index (Phi) is 15.8. The summed E-state index contributed by atoms with van der Waals surface area (Å²) in [6, 6.07) is 28.1. The number of aliphatic hydroxyl groups is 11. The van der Waals surface area contributed by atoms with Crippen molar-refractivity contribution in [1.82, 2.24) is 0 Å². The van der Waals surface area contributed by atoms with E-state index in [1.54, 1.807) is 0 Å². The molecule has 2 saturated carbocycles. The Hall–Kier alpha value is -2.98. The van der Waals surface area contributed by atoms with Gasteiger partial charge in [0.15, 0.2) is 0 Å². The van der Waals surface area contributed by atoms with Crippen LogP contribution in [0.1, 0.15) is 16.7 Å². The third-order valence-electron chi connectivity index (χ3n) is 8.48. The van der Waals surface area contributed by atoms with Crippen LogP contribution < -0.4 is 0 Å². The first-order valence-electron chi connectivity index (χ1n) is 16.1. The van der Waals surface area contributed by atoms with Gasteiger partial charge in [-0.2, -0.15) is 0 Å². The van der Waals surface area contributed by atoms with Gasteiger partial charge in [0.05, 0.1) is 19.8 Å². The summed E-state index contributed by atoms with van der Waals surface area (Å²) in [7, 11) is 0. The summed E-state index contributed by atoms with van der Waals surface area (Å²) in [6.45, 7) is -4.05. The van der Waals surface area contributed by atoms with Gasteiger partial charge in [-0.1, -0.05) is 91.0 Å². The zero-order chi connectivity index (χ0) is 37.1. The van der Waals surface area contributed by atoms with E-state index >= 15 is 0 Å². The van der Waals surface area contributed by atoms with Gasteiger partial charge < -0.3 is 79.9 Å². The van der Waals surface area contributed by atoms with E-state index in [9.17, 15) is 40.9 Å². The molecule has 16 heteroatoms. The molecule has 0 unspecified atom stereocenters. The Balaban J connectivity index is 0.000000326. The quantitative estimate of drug-likeness (QED) is 0.0821. The highest BCUT2D eigenvalue weighted by Gasteiger charge is 2.53. The van der Waals surface area contributed by atoms with Crippen LogP contribution in [0.25, 0.3) is 0 Å². The minimum absolute atomic E-state index is 0.122. The Morgan fingerprint density at radius 1 is 0.353 bits per heavy atom. The van der Waals surface area contributed by atoms with Gasteiger partial charge >= 0.3 is 0 Å². The van der Waals surface area contributed by atoms with Crippen molar-refractivity contribution in [3.63, 3.8) is 0 Å². The Morgan fingerprint density at radius 2 is 0.647 bits per heavy atom. The fourth-order valence-corrected chi connectivity index (χ4v) is 5.83. The third-order valence-corrected chi connectivity index (χ3v) is 8.48. The molecule has 0 aromatic heterocycles. The first kappa shape index (κ1) is 40.8. The van der Waals surface area contributed by atoms with Gasteiger partial charge in [-0.15, -0.1) is 0 Å². The molecule has 0 amide bonds. The molecule has 5 rings (SSSR count). The predicted molar refractivity (Wildman–Crippen MR) is 173 cm³/mol. The molecule has 0 bridgehead atoms. The van der Waals surface area contributed by atoms with E-state index < -0.39 is 86.2 Å². The van der Waals surface area contributed by atoms with E-state index in [-0.39, 0.29) is 19.8 Å². The predicted octanol–water partition coefficient (Wildman–Crippen LogP) is -2.41. The second kappa shape index (κ2) is 19.7. The molecule has 0 saturated heterocycles. The van der Waals surface area contributed by atoms with E-state index in [0.717, 1.165) is 16.7 Å². The standard InChI is InChI=1S/C28H32O8.C7H14O8/c29-22-24(33-16-19-10-4-1-5-11-19)23(30)26(35-18-21-14-8-3-9-15-21)27(36-28(31)32)25(22)34-17-20-12-6-2-7-13-20;8-1-2(9)4(11)6(15-7(13)14)5(12)3(1)10/h1-15,22-32H,16-18H2;1-14H/t22-,23+,24-,25-,26-,27-;1-,2-,3+,4-,5-,6-/m00/s1. The van der Waals surface area contributed by atoms with Crippen molar-refractivity contribution in [3.8, 4) is 0 Å². The van der Waals surface area contributed by atoms with E-state index in [1.807, 2.05) is 91.0 Å². The van der Waals surface area contributed by atoms with Crippen molar-refractivity contribution in [3.05, 3.63) is 108 Å². The van der Waals surface area contributed by atoms with Crippen molar-refractivity contribution < 1.29 is 79.9 Å². The highest BCUT2D eigenvalue weighted by Crippen LogP contribution is 2.32. The summed E-state index contributed by atoms with van der Waals surface area (Å²) in [4.78, 5) is 0. The van der Waals surface area contributed by atoms with Crippen LogP contribution >= 0.6 is 0 Å². The van der Waals surface area contributed by atoms with Crippen molar-refractivity contribution >= 4 is 0 Å². The van der Waals surface area contributed by atoms with Crippen molar-refractivity contribution in [2.75, 3.05) is 0 Å². The Morgan fingerprint density at radius 3 is 0.980 bits per heavy atom. The highest BCUT2D eigenvalue weighted by atomic mass is 16.8. The summed E-state index contributed by atoms with van der Waals surface area (Å²) in [5, 5.41) is 105. The number of hydrogen-bond donors (Lipinski definition) is 11. The van der Waals surface area contributed by atoms with Gasteiger partial charge in [-0.25, -0.2) is 0 Å². The van der Waals surface area contributed by atoms with Gasteiger partial charge in [0.25, 0.3) is 13.0 Å². The maximum Gasteiger partial charge on any atom is 0.266 e. The topological polar surface area (TPSA) is 269 Å². The molecular formula is C35H46O16. The Labute approximate surface area is 293 Å². The maximum absolute atomic E-state index is 11.2. The van der Waals surface area contributed by atoms with E-state index in [1.165, 1.54) is 0 Å². The Bertz CT molecular complexity index is 1310. The van der Waals surface area contributed by atoms with Crippen molar-refractivity contribution in [2.45, 2.75) is 106 Å². The fourth-order valence-electron chi connectivity index (χ4n) is 5.83. The van der Waals surface area contributed by atoms with E-state index in [0.29, 0.717) is 0 Å². The van der Waals surface area contributed by atoms with Gasteiger partial charge in [-0.3, -0.25) is 0 Å². The molecule has 2 aliphatic rings. The number of rotatable bonds is 13. The van der Waals surface area contributed by atoms with Gasteiger partial charge in [0.2, 0.25) is 0 Å². The molecule has 0 radical (unpaired) electrons. The molecule has 0 aliphatic heterocycles. The average Bonchev–Trinajstić information content (AvgIpc) is 3.12. The van der Waals surface area contributed by atoms with Gasteiger partial charge in [-0.05, 0) is 16.7 Å². The first-order valence-corrected chi connectivity index (χ1v) is 16.1. The lowest BCUT2D eigenvalue weighted by Gasteiger charge is -2.46. The first-order chi connectivity index (χ1) is 24.4. The van der Waals surface area contributed by atoms with Gasteiger partial charge in [0.1, 0.15) is 73.2 Å². The molecule has 3 aromatic rings. The third kappa shape index (κ3) is 11.3. The minimum atomic E-state index is -2.27. The lowest BCUT2D eigenvalue weighted by molar-refractivity contribution is -0.331. The summed E-state index contributed by atoms with van der Waals surface area (Å²) in [5.74, 6) is 0. The number of aliphatic hydroxyl groups excluding tert-OH is 9. The van der Waals surface area contributed by atoms with Crippen LogP contribution in [0.3, 0.4) is 0 Å². The SMILES string of the molecule is OC(O)O[C@@H]1[C@@H](O)[C@H](O)[C@@H](O)[C@H](O)[C@@H]1O.OC(O)O[C@@H]1[C@@H](OCc2ccccc2)[C@H](O)[C@@H](OCc2ccccc2)[C@H](O)[C@@H]1OCc1ccccc1. The molecule has 11 N–H and O–H groups in total. The van der Waals surface area contributed by atoms with Crippen LogP contribution in [0.15, 0.2) is 91.0 Å². The van der Waals surface area contributed by atoms with Crippen LogP contribution in [0.5, 0.6) is 0 Å². The minimum Gasteiger partial charge on any atom is -0.387 e. The molecule has 0 spiro atoms. The summed E-state index contributed by atoms with van der Waals surface area (Å²) < 4.78 is 27.7. The van der Waals surface area contributed by atoms with Crippen LogP contribution in [0.4, 0.5) is 0 Å². The summed E-state index contributed by atoms with van der Waals surface area (Å²) in [5.41, 5.74) is 2.56. The fraction of sp³-hybridized carbons (Fsp3) is 0.486. The zero-order valence-corrected chi connectivity index (χ0v) is 27.3. The lowest BCUT2D eigenvalue weighted by atomic mass is 9.84. The number of benzene rings is 3. The molecule has 3 aromatic carbocycles.